The quantitative estimate of drug-likeness (QED) is 0.407. The zero-order chi connectivity index (χ0) is 21.7. The molecule has 9 nitrogen and oxygen atoms in total. The van der Waals surface area contributed by atoms with Crippen LogP contribution in [0.3, 0.4) is 0 Å². The smallest absolute Gasteiger partial charge is 0.496 e. The minimum atomic E-state index is -4.91. The van der Waals surface area contributed by atoms with Crippen LogP contribution in [0.15, 0.2) is 54.6 Å². The van der Waals surface area contributed by atoms with Gasteiger partial charge in [-0.1, -0.05) is 54.6 Å². The van der Waals surface area contributed by atoms with Crippen molar-refractivity contribution in [1.82, 2.24) is 4.90 Å². The van der Waals surface area contributed by atoms with Gasteiger partial charge < -0.3 is 9.31 Å². The van der Waals surface area contributed by atoms with Crippen molar-refractivity contribution in [3.05, 3.63) is 60.2 Å². The molecule has 1 N–H and O–H groups in total. The number of nitrogens with zero attached hydrogens (tertiary/aromatic N) is 1. The second-order valence-electron chi connectivity index (χ2n) is 6.78. The van der Waals surface area contributed by atoms with Crippen LogP contribution in [0, 0.1) is 0 Å². The van der Waals surface area contributed by atoms with E-state index < -0.39 is 35.5 Å². The van der Waals surface area contributed by atoms with Crippen LogP contribution in [0.1, 0.15) is 5.56 Å². The van der Waals surface area contributed by atoms with E-state index in [9.17, 15) is 18.0 Å². The summed E-state index contributed by atoms with van der Waals surface area (Å²) in [4.78, 5) is 25.2. The average Bonchev–Trinajstić information content (AvgIpc) is 2.64. The van der Waals surface area contributed by atoms with Crippen molar-refractivity contribution in [3.8, 4) is 0 Å². The average molecular weight is 433 g/mol. The number of hydrogen-bond donors (Lipinski definition) is 1. The molecule has 0 radical (unpaired) electrons. The summed E-state index contributed by atoms with van der Waals surface area (Å²) in [5.74, 6) is -1.47. The molecule has 1 atom stereocenters. The highest BCUT2D eigenvalue weighted by Gasteiger charge is 2.41. The van der Waals surface area contributed by atoms with Crippen LogP contribution in [0.25, 0.3) is 10.8 Å². The maximum absolute atomic E-state index is 11.9. The molecular weight excluding hydrogens is 413 g/mol. The van der Waals surface area contributed by atoms with Crippen LogP contribution >= 0.6 is 0 Å². The molecule has 1 unspecified atom stereocenters. The third-order valence-corrected chi connectivity index (χ3v) is 4.80. The minimum absolute atomic E-state index is 0.191. The minimum Gasteiger partial charge on any atom is -0.496 e. The molecule has 158 valence electrons. The number of hydrogen-bond acceptors (Lipinski definition) is 8. The molecule has 0 saturated carbocycles. The molecular formula is C19H20BNO8S. The van der Waals surface area contributed by atoms with E-state index in [-0.39, 0.29) is 13.1 Å². The predicted molar refractivity (Wildman–Crippen MR) is 109 cm³/mol. The molecule has 1 saturated heterocycles. The van der Waals surface area contributed by atoms with E-state index in [1.165, 1.54) is 18.0 Å². The van der Waals surface area contributed by atoms with Crippen LogP contribution < -0.4 is 0 Å². The normalized spacial score (nSPS) is 17.5. The lowest BCUT2D eigenvalue weighted by molar-refractivity contribution is -0.146. The van der Waals surface area contributed by atoms with E-state index in [2.05, 4.69) is 4.18 Å². The number of carbonyl (C=O) groups is 2. The predicted octanol–water partition coefficient (Wildman–Crippen LogP) is 1.19. The molecule has 2 aromatic rings. The molecule has 1 fully saturated rings. The Morgan fingerprint density at radius 2 is 1.77 bits per heavy atom. The van der Waals surface area contributed by atoms with Gasteiger partial charge in [-0.3, -0.25) is 19.0 Å². The lowest BCUT2D eigenvalue weighted by atomic mass is 9.80. The van der Waals surface area contributed by atoms with E-state index in [0.29, 0.717) is 6.42 Å². The summed E-state index contributed by atoms with van der Waals surface area (Å²) in [5, 5.41) is 2.06. The van der Waals surface area contributed by atoms with E-state index in [1.54, 1.807) is 6.08 Å². The van der Waals surface area contributed by atoms with Crippen LogP contribution in [0.2, 0.25) is 0 Å². The molecule has 2 aromatic carbocycles. The largest absolute Gasteiger partial charge is 0.635 e. The molecule has 0 aliphatic carbocycles. The third kappa shape index (κ3) is 6.13. The highest BCUT2D eigenvalue weighted by atomic mass is 32.3. The Balaban J connectivity index is 1.82. The maximum Gasteiger partial charge on any atom is 0.635 e. The van der Waals surface area contributed by atoms with Gasteiger partial charge in [-0.2, -0.15) is 8.42 Å². The third-order valence-electron chi connectivity index (χ3n) is 4.34. The van der Waals surface area contributed by atoms with Gasteiger partial charge in [-0.05, 0) is 29.8 Å². The van der Waals surface area contributed by atoms with Crippen molar-refractivity contribution >= 4 is 40.2 Å². The van der Waals surface area contributed by atoms with Gasteiger partial charge in [0.05, 0.1) is 13.1 Å². The fourth-order valence-electron chi connectivity index (χ4n) is 3.10. The molecule has 0 aromatic heterocycles. The van der Waals surface area contributed by atoms with E-state index in [1.807, 2.05) is 42.5 Å². The van der Waals surface area contributed by atoms with E-state index in [4.69, 9.17) is 13.9 Å². The molecule has 3 rings (SSSR count). The van der Waals surface area contributed by atoms with Crippen molar-refractivity contribution < 1.29 is 36.1 Å². The lowest BCUT2D eigenvalue weighted by Gasteiger charge is -2.25. The van der Waals surface area contributed by atoms with E-state index >= 15 is 0 Å². The Bertz CT molecular complexity index is 1050. The van der Waals surface area contributed by atoms with Crippen LogP contribution in [0.5, 0.6) is 0 Å². The fourth-order valence-corrected chi connectivity index (χ4v) is 3.53. The number of carbonyl (C=O) groups excluding carboxylic acids is 2. The number of benzene rings is 2. The van der Waals surface area contributed by atoms with Crippen LogP contribution in [-0.4, -0.2) is 63.1 Å². The molecule has 30 heavy (non-hydrogen) atoms. The zero-order valence-corrected chi connectivity index (χ0v) is 16.9. The van der Waals surface area contributed by atoms with Crippen molar-refractivity contribution in [3.63, 3.8) is 0 Å². The summed E-state index contributed by atoms with van der Waals surface area (Å²) in [6, 6.07) is 12.0. The Kier molecular flexibility index (Phi) is 6.88. The van der Waals surface area contributed by atoms with Gasteiger partial charge in [-0.25, -0.2) is 4.18 Å². The summed E-state index contributed by atoms with van der Waals surface area (Å²) in [5.41, 5.74) is 0.961. The van der Waals surface area contributed by atoms with Crippen molar-refractivity contribution in [2.75, 3.05) is 20.1 Å². The Morgan fingerprint density at radius 3 is 2.43 bits per heavy atom. The molecule has 0 spiro atoms. The maximum atomic E-state index is 11.9. The van der Waals surface area contributed by atoms with Gasteiger partial charge in [0.1, 0.15) is 0 Å². The topological polar surface area (TPSA) is 119 Å². The van der Waals surface area contributed by atoms with Gasteiger partial charge in [0.25, 0.3) is 0 Å². The lowest BCUT2D eigenvalue weighted by Crippen LogP contribution is -2.48. The first-order valence-electron chi connectivity index (χ1n) is 9.08. The van der Waals surface area contributed by atoms with Gasteiger partial charge in [0, 0.05) is 0 Å². The molecule has 0 amide bonds. The highest BCUT2D eigenvalue weighted by molar-refractivity contribution is 7.81. The summed E-state index contributed by atoms with van der Waals surface area (Å²) in [6.45, 7) is -0.381. The number of rotatable bonds is 6. The summed E-state index contributed by atoms with van der Waals surface area (Å²) < 4.78 is 46.3. The standard InChI is InChI=1S/C19H20BNO8S/c1-21-12-18(22)27-20(28-19(23)13-21)17(29-30(24,25)26)11-5-9-15-8-4-7-14-6-2-3-10-16(14)15/h2-8,10-11,17H,9,12-13H2,1H3,(H,24,25,26)/b11-5+. The highest BCUT2D eigenvalue weighted by Crippen LogP contribution is 2.19. The van der Waals surface area contributed by atoms with Crippen LogP contribution in [0.4, 0.5) is 0 Å². The second kappa shape index (κ2) is 9.39. The van der Waals surface area contributed by atoms with Crippen LogP contribution in [-0.2, 0) is 39.9 Å². The van der Waals surface area contributed by atoms with Crippen molar-refractivity contribution in [2.45, 2.75) is 12.4 Å². The van der Waals surface area contributed by atoms with Crippen molar-refractivity contribution in [1.29, 1.82) is 0 Å². The number of allylic oxidation sites excluding steroid dienone is 1. The Hall–Kier alpha value is -2.73. The summed E-state index contributed by atoms with van der Waals surface area (Å²) in [7, 11) is -5.05. The monoisotopic (exact) mass is 433 g/mol. The zero-order valence-electron chi connectivity index (χ0n) is 16.1. The molecule has 0 bridgehead atoms. The first-order valence-corrected chi connectivity index (χ1v) is 10.4. The molecule has 1 aliphatic rings. The first-order chi connectivity index (χ1) is 14.2. The second-order valence-corrected chi connectivity index (χ2v) is 7.83. The number of fused-ring (bicyclic) bond motifs is 1. The van der Waals surface area contributed by atoms with Gasteiger partial charge in [-0.15, -0.1) is 0 Å². The van der Waals surface area contributed by atoms with Gasteiger partial charge in [0.2, 0.25) is 0 Å². The van der Waals surface area contributed by atoms with E-state index in [0.717, 1.165) is 16.3 Å². The Morgan fingerprint density at radius 1 is 1.13 bits per heavy atom. The van der Waals surface area contributed by atoms with Crippen molar-refractivity contribution in [2.24, 2.45) is 0 Å². The summed E-state index contributed by atoms with van der Waals surface area (Å²) >= 11 is 0. The first kappa shape index (κ1) is 22.0. The Labute approximate surface area is 174 Å². The fraction of sp³-hybridized carbons (Fsp3) is 0.263. The van der Waals surface area contributed by atoms with Gasteiger partial charge in [0.15, 0.2) is 6.00 Å². The molecule has 1 aliphatic heterocycles. The van der Waals surface area contributed by atoms with Gasteiger partial charge >= 0.3 is 29.5 Å². The molecule has 1 heterocycles. The molecule has 11 heteroatoms. The SMILES string of the molecule is CN1CC(=O)OB(C(/C=C/Cc2cccc3ccccc23)OS(=O)(=O)O)OC(=O)C1. The summed E-state index contributed by atoms with van der Waals surface area (Å²) in [6.07, 6.45) is 3.25. The number of likely N-dealkylation sites (N-methyl/N-ethyl adjacent to an activating group) is 1.